The second kappa shape index (κ2) is 11.9. The molecule has 0 aliphatic heterocycles. The zero-order chi connectivity index (χ0) is 24.3. The molecule has 1 N–H and O–H groups in total. The first-order valence-electron chi connectivity index (χ1n) is 10.6. The molecule has 0 aliphatic rings. The molecule has 0 spiro atoms. The predicted octanol–water partition coefficient (Wildman–Crippen LogP) is 4.76. The number of benzene rings is 3. The molecule has 3 aromatic rings. The van der Waals surface area contributed by atoms with Crippen molar-refractivity contribution in [2.75, 3.05) is 6.61 Å². The highest BCUT2D eigenvalue weighted by Gasteiger charge is 2.10. The fourth-order valence-corrected chi connectivity index (χ4v) is 2.77. The number of hydrogen-bond donors (Lipinski definition) is 1. The SMILES string of the molecule is CCCCOc1ccc(C(=O)Oc2ccc(/C=N/NC(=O)c3ccc([N+](=O)[O-])cc3)cc2)cc1. The number of hydrazone groups is 1. The first-order valence-corrected chi connectivity index (χ1v) is 10.6. The Balaban J connectivity index is 1.50. The lowest BCUT2D eigenvalue weighted by Crippen LogP contribution is -2.17. The molecular formula is C25H23N3O6. The Morgan fingerprint density at radius 3 is 2.18 bits per heavy atom. The molecule has 0 fully saturated rings. The summed E-state index contributed by atoms with van der Waals surface area (Å²) in [5.41, 5.74) is 3.56. The monoisotopic (exact) mass is 461 g/mol. The summed E-state index contributed by atoms with van der Waals surface area (Å²) in [4.78, 5) is 34.5. The van der Waals surface area contributed by atoms with Crippen LogP contribution in [-0.4, -0.2) is 29.6 Å². The lowest BCUT2D eigenvalue weighted by Gasteiger charge is -2.07. The van der Waals surface area contributed by atoms with Crippen LogP contribution in [0.2, 0.25) is 0 Å². The lowest BCUT2D eigenvalue weighted by molar-refractivity contribution is -0.384. The van der Waals surface area contributed by atoms with Crippen LogP contribution >= 0.6 is 0 Å². The zero-order valence-corrected chi connectivity index (χ0v) is 18.5. The first-order chi connectivity index (χ1) is 16.5. The Morgan fingerprint density at radius 1 is 0.941 bits per heavy atom. The second-order valence-electron chi connectivity index (χ2n) is 7.19. The van der Waals surface area contributed by atoms with Crippen molar-refractivity contribution in [1.82, 2.24) is 5.43 Å². The van der Waals surface area contributed by atoms with Crippen LogP contribution in [0.5, 0.6) is 11.5 Å². The molecule has 0 radical (unpaired) electrons. The number of amides is 1. The van der Waals surface area contributed by atoms with Crippen molar-refractivity contribution in [3.63, 3.8) is 0 Å². The van der Waals surface area contributed by atoms with E-state index in [0.717, 1.165) is 12.8 Å². The average Bonchev–Trinajstić information content (AvgIpc) is 2.85. The van der Waals surface area contributed by atoms with Crippen LogP contribution in [0, 0.1) is 10.1 Å². The highest BCUT2D eigenvalue weighted by atomic mass is 16.6. The van der Waals surface area contributed by atoms with E-state index in [1.54, 1.807) is 48.5 Å². The Hall–Kier alpha value is -4.53. The van der Waals surface area contributed by atoms with Crippen LogP contribution in [-0.2, 0) is 0 Å². The molecule has 0 saturated heterocycles. The molecule has 0 heterocycles. The van der Waals surface area contributed by atoms with Crippen molar-refractivity contribution in [3.8, 4) is 11.5 Å². The molecule has 3 rings (SSSR count). The van der Waals surface area contributed by atoms with Crippen LogP contribution in [0.3, 0.4) is 0 Å². The van der Waals surface area contributed by atoms with Crippen LogP contribution in [0.4, 0.5) is 5.69 Å². The number of carbonyl (C=O) groups is 2. The van der Waals surface area contributed by atoms with E-state index in [2.05, 4.69) is 17.5 Å². The molecule has 9 heteroatoms. The molecule has 0 aromatic heterocycles. The van der Waals surface area contributed by atoms with Crippen molar-refractivity contribution < 1.29 is 24.0 Å². The maximum atomic E-state index is 12.3. The van der Waals surface area contributed by atoms with Gasteiger partial charge < -0.3 is 9.47 Å². The molecule has 0 aliphatic carbocycles. The highest BCUT2D eigenvalue weighted by Crippen LogP contribution is 2.17. The second-order valence-corrected chi connectivity index (χ2v) is 7.19. The molecular weight excluding hydrogens is 438 g/mol. The van der Waals surface area contributed by atoms with E-state index in [1.807, 2.05) is 0 Å². The average molecular weight is 461 g/mol. The van der Waals surface area contributed by atoms with Crippen molar-refractivity contribution in [1.29, 1.82) is 0 Å². The summed E-state index contributed by atoms with van der Waals surface area (Å²) in [6.07, 6.45) is 3.44. The van der Waals surface area contributed by atoms with E-state index in [1.165, 1.54) is 30.5 Å². The summed E-state index contributed by atoms with van der Waals surface area (Å²) in [5, 5.41) is 14.5. The van der Waals surface area contributed by atoms with E-state index in [-0.39, 0.29) is 11.3 Å². The van der Waals surface area contributed by atoms with Gasteiger partial charge in [-0.2, -0.15) is 5.10 Å². The van der Waals surface area contributed by atoms with E-state index in [4.69, 9.17) is 9.47 Å². The largest absolute Gasteiger partial charge is 0.494 e. The van der Waals surface area contributed by atoms with Gasteiger partial charge in [-0.25, -0.2) is 10.2 Å². The number of nitro benzene ring substituents is 1. The first kappa shape index (κ1) is 24.1. The van der Waals surface area contributed by atoms with E-state index in [0.29, 0.717) is 29.2 Å². The van der Waals surface area contributed by atoms with Crippen LogP contribution in [0.1, 0.15) is 46.0 Å². The maximum Gasteiger partial charge on any atom is 0.343 e. The number of unbranched alkanes of at least 4 members (excludes halogenated alkanes) is 1. The number of non-ortho nitro benzene ring substituents is 1. The van der Waals surface area contributed by atoms with Gasteiger partial charge in [-0.15, -0.1) is 0 Å². The predicted molar refractivity (Wildman–Crippen MR) is 126 cm³/mol. The topological polar surface area (TPSA) is 120 Å². The molecule has 0 unspecified atom stereocenters. The quantitative estimate of drug-likeness (QED) is 0.116. The summed E-state index contributed by atoms with van der Waals surface area (Å²) in [5.74, 6) is 0.0741. The number of rotatable bonds is 10. The Bertz CT molecular complexity index is 1160. The minimum absolute atomic E-state index is 0.103. The number of hydrogen-bond acceptors (Lipinski definition) is 7. The number of esters is 1. The van der Waals surface area contributed by atoms with Crippen LogP contribution < -0.4 is 14.9 Å². The Labute approximate surface area is 196 Å². The molecule has 174 valence electrons. The third-order valence-corrected chi connectivity index (χ3v) is 4.67. The zero-order valence-electron chi connectivity index (χ0n) is 18.5. The van der Waals surface area contributed by atoms with Gasteiger partial charge in [0.05, 0.1) is 23.3 Å². The Morgan fingerprint density at radius 2 is 1.56 bits per heavy atom. The lowest BCUT2D eigenvalue weighted by atomic mass is 10.2. The van der Waals surface area contributed by atoms with Crippen LogP contribution in [0.25, 0.3) is 0 Å². The molecule has 1 amide bonds. The van der Waals surface area contributed by atoms with Gasteiger partial charge in [0.15, 0.2) is 0 Å². The molecule has 34 heavy (non-hydrogen) atoms. The standard InChI is InChI=1S/C25H23N3O6/c1-2-3-16-33-22-14-8-20(9-15-22)25(30)34-23-12-4-18(5-13-23)17-26-27-24(29)19-6-10-21(11-7-19)28(31)32/h4-15,17H,2-3,16H2,1H3,(H,27,29)/b26-17+. The van der Waals surface area contributed by atoms with E-state index >= 15 is 0 Å². The van der Waals surface area contributed by atoms with Gasteiger partial charge >= 0.3 is 5.97 Å². The number of ether oxygens (including phenoxy) is 2. The third-order valence-electron chi connectivity index (χ3n) is 4.67. The number of nitrogens with one attached hydrogen (secondary N) is 1. The van der Waals surface area contributed by atoms with Crippen LogP contribution in [0.15, 0.2) is 77.9 Å². The number of nitrogens with zero attached hydrogens (tertiary/aromatic N) is 2. The highest BCUT2D eigenvalue weighted by molar-refractivity contribution is 5.95. The normalized spacial score (nSPS) is 10.6. The van der Waals surface area contributed by atoms with Crippen molar-refractivity contribution in [2.24, 2.45) is 5.10 Å². The summed E-state index contributed by atoms with van der Waals surface area (Å²) >= 11 is 0. The minimum atomic E-state index is -0.541. The molecule has 9 nitrogen and oxygen atoms in total. The Kier molecular flexibility index (Phi) is 8.45. The summed E-state index contributed by atoms with van der Waals surface area (Å²) < 4.78 is 11.0. The van der Waals surface area contributed by atoms with Gasteiger partial charge in [0.2, 0.25) is 0 Å². The van der Waals surface area contributed by atoms with E-state index in [9.17, 15) is 19.7 Å². The molecule has 0 bridgehead atoms. The van der Waals surface area contributed by atoms with Gasteiger partial charge in [-0.1, -0.05) is 13.3 Å². The van der Waals surface area contributed by atoms with Crippen molar-refractivity contribution in [3.05, 3.63) is 99.6 Å². The molecule has 3 aromatic carbocycles. The molecule has 0 atom stereocenters. The summed E-state index contributed by atoms with van der Waals surface area (Å²) in [6, 6.07) is 18.5. The van der Waals surface area contributed by atoms with Crippen molar-refractivity contribution >= 4 is 23.8 Å². The third kappa shape index (κ3) is 6.99. The summed E-state index contributed by atoms with van der Waals surface area (Å²) in [7, 11) is 0. The summed E-state index contributed by atoms with van der Waals surface area (Å²) in [6.45, 7) is 2.72. The number of carbonyl (C=O) groups excluding carboxylic acids is 2. The van der Waals surface area contributed by atoms with Gasteiger partial charge in [-0.05, 0) is 72.6 Å². The molecule has 0 saturated carbocycles. The van der Waals surface area contributed by atoms with E-state index < -0.39 is 16.8 Å². The van der Waals surface area contributed by atoms with Gasteiger partial charge in [-0.3, -0.25) is 14.9 Å². The fourth-order valence-electron chi connectivity index (χ4n) is 2.77. The van der Waals surface area contributed by atoms with Gasteiger partial charge in [0.1, 0.15) is 11.5 Å². The maximum absolute atomic E-state index is 12.3. The minimum Gasteiger partial charge on any atom is -0.494 e. The number of nitro groups is 1. The van der Waals surface area contributed by atoms with Gasteiger partial charge in [0.25, 0.3) is 11.6 Å². The van der Waals surface area contributed by atoms with Crippen molar-refractivity contribution in [2.45, 2.75) is 19.8 Å². The fraction of sp³-hybridized carbons (Fsp3) is 0.160. The smallest absolute Gasteiger partial charge is 0.343 e. The van der Waals surface area contributed by atoms with Gasteiger partial charge in [0, 0.05) is 17.7 Å².